The van der Waals surface area contributed by atoms with Crippen LogP contribution < -0.4 is 0 Å². The molecular weight excluding hydrogens is 283 g/mol. The summed E-state index contributed by atoms with van der Waals surface area (Å²) >= 11 is 12.1. The third-order valence-corrected chi connectivity index (χ3v) is 3.46. The van der Waals surface area contributed by atoms with Crippen molar-refractivity contribution >= 4 is 34.2 Å². The predicted molar refractivity (Wildman–Crippen MR) is 80.0 cm³/mol. The van der Waals surface area contributed by atoms with Crippen LogP contribution in [0.4, 0.5) is 0 Å². The van der Waals surface area contributed by atoms with Gasteiger partial charge < -0.3 is 9.30 Å². The topological polar surface area (TPSA) is 27.1 Å². The number of hydrogen-bond acceptors (Lipinski definition) is 2. The highest BCUT2D eigenvalue weighted by Crippen LogP contribution is 2.24. The number of benzene rings is 1. The SMILES string of the molecule is CCOC(C)(C)Cn1c(CCl)nc2ccc(Cl)cc21. The molecule has 0 spiro atoms. The van der Waals surface area contributed by atoms with Crippen LogP contribution in [0.25, 0.3) is 11.0 Å². The van der Waals surface area contributed by atoms with Crippen LogP contribution in [0.1, 0.15) is 26.6 Å². The van der Waals surface area contributed by atoms with E-state index in [0.717, 1.165) is 16.9 Å². The molecule has 0 unspecified atom stereocenters. The average Bonchev–Trinajstić information content (AvgIpc) is 2.66. The van der Waals surface area contributed by atoms with Crippen molar-refractivity contribution in [2.24, 2.45) is 0 Å². The molecule has 1 aromatic carbocycles. The van der Waals surface area contributed by atoms with E-state index in [0.29, 0.717) is 24.1 Å². The van der Waals surface area contributed by atoms with Gasteiger partial charge in [0.15, 0.2) is 0 Å². The van der Waals surface area contributed by atoms with Gasteiger partial charge in [-0.25, -0.2) is 4.98 Å². The molecule has 0 bridgehead atoms. The molecule has 0 amide bonds. The summed E-state index contributed by atoms with van der Waals surface area (Å²) in [5.41, 5.74) is 1.63. The molecular formula is C14H18Cl2N2O. The molecule has 0 aliphatic carbocycles. The molecule has 1 heterocycles. The Labute approximate surface area is 123 Å². The number of ether oxygens (including phenoxy) is 1. The van der Waals surface area contributed by atoms with Crippen LogP contribution in [0.3, 0.4) is 0 Å². The molecule has 0 aliphatic heterocycles. The highest BCUT2D eigenvalue weighted by atomic mass is 35.5. The lowest BCUT2D eigenvalue weighted by atomic mass is 10.1. The van der Waals surface area contributed by atoms with E-state index in [4.69, 9.17) is 27.9 Å². The summed E-state index contributed by atoms with van der Waals surface area (Å²) in [6.45, 7) is 7.49. The van der Waals surface area contributed by atoms with Crippen LogP contribution in [0, 0.1) is 0 Å². The highest BCUT2D eigenvalue weighted by Gasteiger charge is 2.22. The zero-order chi connectivity index (χ0) is 14.0. The summed E-state index contributed by atoms with van der Waals surface area (Å²) in [4.78, 5) is 4.53. The lowest BCUT2D eigenvalue weighted by Gasteiger charge is -2.26. The van der Waals surface area contributed by atoms with Crippen molar-refractivity contribution < 1.29 is 4.74 Å². The van der Waals surface area contributed by atoms with E-state index < -0.39 is 0 Å². The smallest absolute Gasteiger partial charge is 0.124 e. The number of fused-ring (bicyclic) bond motifs is 1. The molecule has 1 aromatic heterocycles. The van der Waals surface area contributed by atoms with Crippen molar-refractivity contribution in [2.75, 3.05) is 6.61 Å². The van der Waals surface area contributed by atoms with Gasteiger partial charge in [0.1, 0.15) is 5.82 Å². The minimum atomic E-state index is -0.272. The van der Waals surface area contributed by atoms with Crippen LogP contribution in [0.15, 0.2) is 18.2 Å². The fourth-order valence-electron chi connectivity index (χ4n) is 2.24. The van der Waals surface area contributed by atoms with Crippen LogP contribution in [-0.2, 0) is 17.2 Å². The fourth-order valence-corrected chi connectivity index (χ4v) is 2.61. The molecule has 104 valence electrons. The molecule has 2 rings (SSSR count). The Kier molecular flexibility index (Phi) is 4.39. The summed E-state index contributed by atoms with van der Waals surface area (Å²) in [5, 5.41) is 0.698. The van der Waals surface area contributed by atoms with Crippen molar-refractivity contribution in [3.8, 4) is 0 Å². The molecule has 0 N–H and O–H groups in total. The Morgan fingerprint density at radius 2 is 2.11 bits per heavy atom. The van der Waals surface area contributed by atoms with Crippen molar-refractivity contribution in [3.05, 3.63) is 29.0 Å². The molecule has 0 fully saturated rings. The molecule has 0 saturated heterocycles. The number of halogens is 2. The van der Waals surface area contributed by atoms with Gasteiger partial charge in [-0.05, 0) is 39.0 Å². The molecule has 0 saturated carbocycles. The standard InChI is InChI=1S/C14H18Cl2N2O/c1-4-19-14(2,3)9-18-12-7-10(16)5-6-11(12)17-13(18)8-15/h5-7H,4,8-9H2,1-3H3. The van der Waals surface area contributed by atoms with E-state index >= 15 is 0 Å². The summed E-state index contributed by atoms with van der Waals surface area (Å²) in [6.07, 6.45) is 0. The van der Waals surface area contributed by atoms with Gasteiger partial charge in [-0.2, -0.15) is 0 Å². The Morgan fingerprint density at radius 1 is 1.37 bits per heavy atom. The minimum absolute atomic E-state index is 0.272. The zero-order valence-electron chi connectivity index (χ0n) is 11.4. The largest absolute Gasteiger partial charge is 0.374 e. The maximum Gasteiger partial charge on any atom is 0.124 e. The van der Waals surface area contributed by atoms with E-state index in [-0.39, 0.29) is 5.60 Å². The van der Waals surface area contributed by atoms with Gasteiger partial charge in [-0.3, -0.25) is 0 Å². The van der Waals surface area contributed by atoms with Gasteiger partial charge in [0.25, 0.3) is 0 Å². The van der Waals surface area contributed by atoms with E-state index in [2.05, 4.69) is 23.4 Å². The second-order valence-corrected chi connectivity index (χ2v) is 5.78. The zero-order valence-corrected chi connectivity index (χ0v) is 12.9. The second-order valence-electron chi connectivity index (χ2n) is 5.07. The summed E-state index contributed by atoms with van der Waals surface area (Å²) in [5.74, 6) is 1.21. The fraction of sp³-hybridized carbons (Fsp3) is 0.500. The van der Waals surface area contributed by atoms with Gasteiger partial charge in [0.05, 0.1) is 29.1 Å². The molecule has 0 radical (unpaired) electrons. The third-order valence-electron chi connectivity index (χ3n) is 2.98. The number of nitrogens with zero attached hydrogens (tertiary/aromatic N) is 2. The van der Waals surface area contributed by atoms with E-state index in [9.17, 15) is 0 Å². The Bertz CT molecular complexity index is 578. The van der Waals surface area contributed by atoms with E-state index in [1.807, 2.05) is 25.1 Å². The van der Waals surface area contributed by atoms with Crippen molar-refractivity contribution in [2.45, 2.75) is 38.8 Å². The Morgan fingerprint density at radius 3 is 2.74 bits per heavy atom. The molecule has 5 heteroatoms. The van der Waals surface area contributed by atoms with Gasteiger partial charge in [0, 0.05) is 11.6 Å². The quantitative estimate of drug-likeness (QED) is 0.772. The summed E-state index contributed by atoms with van der Waals surface area (Å²) < 4.78 is 7.84. The van der Waals surface area contributed by atoms with Gasteiger partial charge in [0.2, 0.25) is 0 Å². The molecule has 0 atom stereocenters. The molecule has 19 heavy (non-hydrogen) atoms. The number of aromatic nitrogens is 2. The van der Waals surface area contributed by atoms with Crippen LogP contribution in [0.5, 0.6) is 0 Å². The van der Waals surface area contributed by atoms with Crippen molar-refractivity contribution in [1.29, 1.82) is 0 Å². The molecule has 3 nitrogen and oxygen atoms in total. The Balaban J connectivity index is 2.48. The van der Waals surface area contributed by atoms with Crippen LogP contribution in [-0.4, -0.2) is 21.8 Å². The summed E-state index contributed by atoms with van der Waals surface area (Å²) in [6, 6.07) is 5.67. The summed E-state index contributed by atoms with van der Waals surface area (Å²) in [7, 11) is 0. The number of imidazole rings is 1. The van der Waals surface area contributed by atoms with Crippen molar-refractivity contribution in [3.63, 3.8) is 0 Å². The number of rotatable bonds is 5. The second kappa shape index (κ2) is 5.70. The first-order valence-electron chi connectivity index (χ1n) is 6.31. The lowest BCUT2D eigenvalue weighted by Crippen LogP contribution is -2.31. The Hall–Kier alpha value is -0.770. The van der Waals surface area contributed by atoms with Gasteiger partial charge in [-0.15, -0.1) is 11.6 Å². The van der Waals surface area contributed by atoms with Gasteiger partial charge >= 0.3 is 0 Å². The average molecular weight is 301 g/mol. The first-order valence-corrected chi connectivity index (χ1v) is 7.22. The van der Waals surface area contributed by atoms with Crippen molar-refractivity contribution in [1.82, 2.24) is 9.55 Å². The maximum absolute atomic E-state index is 6.07. The van der Waals surface area contributed by atoms with E-state index in [1.54, 1.807) is 0 Å². The number of hydrogen-bond donors (Lipinski definition) is 0. The monoisotopic (exact) mass is 300 g/mol. The van der Waals surface area contributed by atoms with Gasteiger partial charge in [-0.1, -0.05) is 11.6 Å². The van der Waals surface area contributed by atoms with Crippen LogP contribution >= 0.6 is 23.2 Å². The first kappa shape index (κ1) is 14.6. The lowest BCUT2D eigenvalue weighted by molar-refractivity contribution is -0.0220. The predicted octanol–water partition coefficient (Wildman–Crippen LogP) is 4.24. The minimum Gasteiger partial charge on any atom is -0.374 e. The first-order chi connectivity index (χ1) is 8.96. The van der Waals surface area contributed by atoms with E-state index in [1.165, 1.54) is 0 Å². The normalized spacial score (nSPS) is 12.3. The molecule has 2 aromatic rings. The number of alkyl halides is 1. The maximum atomic E-state index is 6.07. The third kappa shape index (κ3) is 3.22. The molecule has 0 aliphatic rings. The highest BCUT2D eigenvalue weighted by molar-refractivity contribution is 6.31. The van der Waals surface area contributed by atoms with Crippen LogP contribution in [0.2, 0.25) is 5.02 Å².